The van der Waals surface area contributed by atoms with Gasteiger partial charge in [0.05, 0.1) is 10.9 Å². The van der Waals surface area contributed by atoms with Crippen molar-refractivity contribution in [2.24, 2.45) is 0 Å². The minimum absolute atomic E-state index is 0.144. The van der Waals surface area contributed by atoms with E-state index in [0.717, 1.165) is 11.1 Å². The molecule has 190 valence electrons. The molecule has 7 heteroatoms. The van der Waals surface area contributed by atoms with Crippen molar-refractivity contribution in [1.29, 1.82) is 0 Å². The molecule has 1 amide bonds. The van der Waals surface area contributed by atoms with Gasteiger partial charge in [0.1, 0.15) is 24.6 Å². The maximum absolute atomic E-state index is 12.9. The molecule has 0 aliphatic heterocycles. The van der Waals surface area contributed by atoms with E-state index in [9.17, 15) is 14.7 Å². The normalized spacial score (nSPS) is 10.8. The number of fused-ring (bicyclic) bond motifs is 1. The van der Waals surface area contributed by atoms with Crippen LogP contribution in [-0.4, -0.2) is 11.0 Å². The summed E-state index contributed by atoms with van der Waals surface area (Å²) in [6, 6.07) is 28.6. The number of anilines is 1. The molecule has 4 aromatic carbocycles. The van der Waals surface area contributed by atoms with Gasteiger partial charge in [-0.25, -0.2) is 0 Å². The minimum Gasteiger partial charge on any atom is -0.504 e. The summed E-state index contributed by atoms with van der Waals surface area (Å²) in [4.78, 5) is 24.3. The highest BCUT2D eigenvalue weighted by Crippen LogP contribution is 2.44. The maximum atomic E-state index is 12.9. The Bertz CT molecular complexity index is 1640. The largest absolute Gasteiger partial charge is 0.504 e. The summed E-state index contributed by atoms with van der Waals surface area (Å²) < 4.78 is 18.0. The Morgan fingerprint density at radius 1 is 0.842 bits per heavy atom. The Morgan fingerprint density at radius 3 is 2.16 bits per heavy atom. The Hall–Kier alpha value is -5.04. The third-order valence-corrected chi connectivity index (χ3v) is 5.87. The maximum Gasteiger partial charge on any atom is 0.221 e. The number of amides is 1. The first kappa shape index (κ1) is 24.6. The molecule has 0 fully saturated rings. The molecule has 38 heavy (non-hydrogen) atoms. The van der Waals surface area contributed by atoms with Gasteiger partial charge in [-0.1, -0.05) is 60.7 Å². The van der Waals surface area contributed by atoms with Gasteiger partial charge >= 0.3 is 0 Å². The van der Waals surface area contributed by atoms with Crippen LogP contribution in [0.3, 0.4) is 0 Å². The van der Waals surface area contributed by atoms with Gasteiger partial charge in [-0.3, -0.25) is 9.59 Å². The summed E-state index contributed by atoms with van der Waals surface area (Å²) in [5, 5.41) is 14.3. The predicted molar refractivity (Wildman–Crippen MR) is 145 cm³/mol. The molecule has 0 aliphatic rings. The van der Waals surface area contributed by atoms with Crippen LogP contribution in [0.4, 0.5) is 5.69 Å². The summed E-state index contributed by atoms with van der Waals surface area (Å²) in [6.45, 7) is 1.87. The second-order valence-corrected chi connectivity index (χ2v) is 8.70. The Morgan fingerprint density at radius 2 is 1.50 bits per heavy atom. The number of benzene rings is 4. The van der Waals surface area contributed by atoms with Crippen LogP contribution in [-0.2, 0) is 18.0 Å². The van der Waals surface area contributed by atoms with Crippen molar-refractivity contribution in [3.05, 3.63) is 118 Å². The predicted octanol–water partition coefficient (Wildman–Crippen LogP) is 6.28. The fraction of sp³-hybridized carbons (Fsp3) is 0.0968. The molecule has 0 bridgehead atoms. The third-order valence-electron chi connectivity index (χ3n) is 5.87. The van der Waals surface area contributed by atoms with Crippen LogP contribution in [0.2, 0.25) is 0 Å². The van der Waals surface area contributed by atoms with Gasteiger partial charge < -0.3 is 24.3 Å². The van der Waals surface area contributed by atoms with Crippen molar-refractivity contribution < 1.29 is 23.8 Å². The summed E-state index contributed by atoms with van der Waals surface area (Å²) in [6.07, 6.45) is 0. The summed E-state index contributed by atoms with van der Waals surface area (Å²) in [5.41, 5.74) is 2.65. The SMILES string of the molecule is CC(=O)Nc1ccc2oc(-c3ccc(OCc4ccccc4)c(OCc4ccccc4)c3O)cc(=O)c2c1. The van der Waals surface area contributed by atoms with Crippen LogP contribution in [0.15, 0.2) is 106 Å². The standard InChI is InChI=1S/C31H25NO6/c1-20(33)32-23-12-14-27-25(16-23)26(34)17-29(38-27)24-13-15-28(36-18-21-8-4-2-5-9-21)31(30(24)35)37-19-22-10-6-3-7-11-22/h2-17,35H,18-19H2,1H3,(H,32,33). The molecule has 0 atom stereocenters. The first-order chi connectivity index (χ1) is 18.5. The van der Waals surface area contributed by atoms with Gasteiger partial charge in [-0.05, 0) is 41.5 Å². The first-order valence-electron chi connectivity index (χ1n) is 12.0. The van der Waals surface area contributed by atoms with E-state index < -0.39 is 0 Å². The Balaban J connectivity index is 1.52. The van der Waals surface area contributed by atoms with E-state index in [0.29, 0.717) is 22.4 Å². The lowest BCUT2D eigenvalue weighted by Crippen LogP contribution is -2.07. The van der Waals surface area contributed by atoms with E-state index in [1.807, 2.05) is 60.7 Å². The topological polar surface area (TPSA) is 98.0 Å². The van der Waals surface area contributed by atoms with Crippen molar-refractivity contribution in [2.45, 2.75) is 20.1 Å². The van der Waals surface area contributed by atoms with Gasteiger partial charge in [0.2, 0.25) is 11.7 Å². The number of carbonyl (C=O) groups is 1. The quantitative estimate of drug-likeness (QED) is 0.256. The molecular weight excluding hydrogens is 482 g/mol. The number of phenols is 1. The minimum atomic E-state index is -0.316. The number of nitrogens with one attached hydrogen (secondary N) is 1. The number of aromatic hydroxyl groups is 1. The van der Waals surface area contributed by atoms with E-state index in [1.165, 1.54) is 13.0 Å². The number of ether oxygens (including phenoxy) is 2. The lowest BCUT2D eigenvalue weighted by molar-refractivity contribution is -0.114. The fourth-order valence-corrected chi connectivity index (χ4v) is 4.04. The highest BCUT2D eigenvalue weighted by molar-refractivity contribution is 5.92. The second kappa shape index (κ2) is 10.9. The monoisotopic (exact) mass is 507 g/mol. The number of rotatable bonds is 8. The summed E-state index contributed by atoms with van der Waals surface area (Å²) in [5.74, 6) is 0.225. The number of hydrogen-bond acceptors (Lipinski definition) is 6. The number of carbonyl (C=O) groups excluding carboxylic acids is 1. The average Bonchev–Trinajstić information content (AvgIpc) is 2.92. The Kier molecular flexibility index (Phi) is 7.08. The van der Waals surface area contributed by atoms with Crippen LogP contribution in [0, 0.1) is 0 Å². The van der Waals surface area contributed by atoms with Crippen molar-refractivity contribution in [3.8, 4) is 28.6 Å². The van der Waals surface area contributed by atoms with Gasteiger partial charge in [-0.2, -0.15) is 0 Å². The molecule has 0 aliphatic carbocycles. The van der Waals surface area contributed by atoms with E-state index in [1.54, 1.807) is 30.3 Å². The molecule has 7 nitrogen and oxygen atoms in total. The molecule has 1 heterocycles. The molecule has 0 saturated heterocycles. The molecule has 0 saturated carbocycles. The van der Waals surface area contributed by atoms with Crippen molar-refractivity contribution in [2.75, 3.05) is 5.32 Å². The summed E-state index contributed by atoms with van der Waals surface area (Å²) in [7, 11) is 0. The molecule has 5 aromatic rings. The van der Waals surface area contributed by atoms with Crippen molar-refractivity contribution >= 4 is 22.6 Å². The van der Waals surface area contributed by atoms with E-state index in [2.05, 4.69) is 5.32 Å². The van der Waals surface area contributed by atoms with Gasteiger partial charge in [0.15, 0.2) is 16.9 Å². The molecule has 0 spiro atoms. The van der Waals surface area contributed by atoms with Gasteiger partial charge in [0.25, 0.3) is 0 Å². The van der Waals surface area contributed by atoms with Crippen LogP contribution in [0.1, 0.15) is 18.1 Å². The highest BCUT2D eigenvalue weighted by atomic mass is 16.5. The lowest BCUT2D eigenvalue weighted by atomic mass is 10.1. The summed E-state index contributed by atoms with van der Waals surface area (Å²) >= 11 is 0. The zero-order chi connectivity index (χ0) is 26.5. The molecular formula is C31H25NO6. The van der Waals surface area contributed by atoms with Gasteiger partial charge in [0, 0.05) is 18.7 Å². The van der Waals surface area contributed by atoms with Crippen LogP contribution in [0.5, 0.6) is 17.2 Å². The smallest absolute Gasteiger partial charge is 0.221 e. The Labute approximate surface area is 218 Å². The highest BCUT2D eigenvalue weighted by Gasteiger charge is 2.20. The number of hydrogen-bond donors (Lipinski definition) is 2. The first-order valence-corrected chi connectivity index (χ1v) is 12.0. The van der Waals surface area contributed by atoms with Crippen LogP contribution in [0.25, 0.3) is 22.3 Å². The average molecular weight is 508 g/mol. The zero-order valence-corrected chi connectivity index (χ0v) is 20.6. The van der Waals surface area contributed by atoms with Gasteiger partial charge in [-0.15, -0.1) is 0 Å². The molecule has 0 radical (unpaired) electrons. The van der Waals surface area contributed by atoms with E-state index in [4.69, 9.17) is 13.9 Å². The number of phenolic OH excluding ortho intramolecular Hbond substituents is 1. The van der Waals surface area contributed by atoms with E-state index in [-0.39, 0.29) is 47.4 Å². The molecule has 2 N–H and O–H groups in total. The zero-order valence-electron chi connectivity index (χ0n) is 20.6. The molecule has 5 rings (SSSR count). The second-order valence-electron chi connectivity index (χ2n) is 8.70. The van der Waals surface area contributed by atoms with E-state index >= 15 is 0 Å². The van der Waals surface area contributed by atoms with Crippen molar-refractivity contribution in [3.63, 3.8) is 0 Å². The van der Waals surface area contributed by atoms with Crippen LogP contribution < -0.4 is 20.2 Å². The lowest BCUT2D eigenvalue weighted by Gasteiger charge is -2.16. The molecule has 0 unspecified atom stereocenters. The van der Waals surface area contributed by atoms with Crippen LogP contribution >= 0.6 is 0 Å². The van der Waals surface area contributed by atoms with Crippen molar-refractivity contribution in [1.82, 2.24) is 0 Å². The molecule has 1 aromatic heterocycles. The fourth-order valence-electron chi connectivity index (χ4n) is 4.04. The third kappa shape index (κ3) is 5.52.